The number of hydrogen-bond acceptors (Lipinski definition) is 4. The second-order valence-electron chi connectivity index (χ2n) is 8.29. The molecule has 0 radical (unpaired) electrons. The van der Waals surface area contributed by atoms with Crippen molar-refractivity contribution < 1.29 is 24.0 Å². The highest BCUT2D eigenvalue weighted by atomic mass is 16.7. The Kier molecular flexibility index (Phi) is 5.38. The fourth-order valence-corrected chi connectivity index (χ4v) is 4.47. The lowest BCUT2D eigenvalue weighted by Gasteiger charge is -2.33. The number of quaternary nitrogens is 1. The first-order chi connectivity index (χ1) is 15.2. The van der Waals surface area contributed by atoms with Crippen molar-refractivity contribution in [1.29, 1.82) is 0 Å². The molecule has 2 saturated heterocycles. The Morgan fingerprint density at radius 1 is 1.06 bits per heavy atom. The molecule has 31 heavy (non-hydrogen) atoms. The molecule has 2 N–H and O–H groups in total. The molecule has 3 aliphatic heterocycles. The average Bonchev–Trinajstić information content (AvgIpc) is 3.40. The molecule has 0 unspecified atom stereocenters. The van der Waals surface area contributed by atoms with E-state index in [1.165, 1.54) is 10.5 Å². The van der Waals surface area contributed by atoms with Gasteiger partial charge in [-0.1, -0.05) is 18.2 Å². The Balaban J connectivity index is 1.10. The molecule has 2 aromatic carbocycles. The van der Waals surface area contributed by atoms with Crippen molar-refractivity contribution in [2.24, 2.45) is 0 Å². The van der Waals surface area contributed by atoms with Crippen LogP contribution in [0.1, 0.15) is 12.0 Å². The number of fused-ring (bicyclic) bond motifs is 1. The molecule has 5 rings (SSSR count). The van der Waals surface area contributed by atoms with Crippen LogP contribution in [0.4, 0.5) is 10.5 Å². The summed E-state index contributed by atoms with van der Waals surface area (Å²) in [4.78, 5) is 30.2. The van der Waals surface area contributed by atoms with Crippen molar-refractivity contribution in [1.82, 2.24) is 10.2 Å². The molecule has 3 aliphatic rings. The van der Waals surface area contributed by atoms with Crippen LogP contribution in [0, 0.1) is 0 Å². The van der Waals surface area contributed by atoms with E-state index in [1.807, 2.05) is 47.4 Å². The molecule has 0 aromatic heterocycles. The van der Waals surface area contributed by atoms with E-state index >= 15 is 0 Å². The smallest absolute Gasteiger partial charge is 0.318 e. The van der Waals surface area contributed by atoms with E-state index in [9.17, 15) is 9.59 Å². The second kappa shape index (κ2) is 8.47. The third-order valence-electron chi connectivity index (χ3n) is 6.17. The van der Waals surface area contributed by atoms with Crippen LogP contribution in [0.25, 0.3) is 0 Å². The number of para-hydroxylation sites is 1. The zero-order valence-electron chi connectivity index (χ0n) is 17.4. The van der Waals surface area contributed by atoms with Gasteiger partial charge in [0, 0.05) is 24.2 Å². The number of piperazine rings is 1. The van der Waals surface area contributed by atoms with Crippen molar-refractivity contribution in [2.45, 2.75) is 19.0 Å². The number of nitrogens with one attached hydrogen (secondary N) is 2. The van der Waals surface area contributed by atoms with Gasteiger partial charge in [-0.3, -0.25) is 4.79 Å². The number of nitrogens with zero attached hydrogens (tertiary/aromatic N) is 2. The minimum Gasteiger partial charge on any atom is -0.454 e. The monoisotopic (exact) mass is 423 g/mol. The van der Waals surface area contributed by atoms with Gasteiger partial charge < -0.3 is 29.5 Å². The van der Waals surface area contributed by atoms with Gasteiger partial charge in [0.1, 0.15) is 6.54 Å². The van der Waals surface area contributed by atoms with Crippen LogP contribution in [0.15, 0.2) is 48.5 Å². The molecule has 162 valence electrons. The summed E-state index contributed by atoms with van der Waals surface area (Å²) in [6, 6.07) is 15.5. The highest BCUT2D eigenvalue weighted by molar-refractivity contribution is 5.96. The first-order valence-corrected chi connectivity index (χ1v) is 10.8. The van der Waals surface area contributed by atoms with Crippen molar-refractivity contribution in [3.63, 3.8) is 0 Å². The number of ether oxygens (including phenoxy) is 2. The van der Waals surface area contributed by atoms with Crippen LogP contribution < -0.4 is 24.6 Å². The highest BCUT2D eigenvalue weighted by Gasteiger charge is 2.33. The molecule has 8 nitrogen and oxygen atoms in total. The van der Waals surface area contributed by atoms with E-state index < -0.39 is 0 Å². The van der Waals surface area contributed by atoms with Crippen molar-refractivity contribution in [3.05, 3.63) is 54.1 Å². The number of amides is 3. The highest BCUT2D eigenvalue weighted by Crippen LogP contribution is 2.32. The van der Waals surface area contributed by atoms with E-state index in [4.69, 9.17) is 9.47 Å². The molecule has 0 saturated carbocycles. The third kappa shape index (κ3) is 4.29. The molecule has 2 fully saturated rings. The quantitative estimate of drug-likeness (QED) is 0.757. The first kappa shape index (κ1) is 19.7. The number of rotatable bonds is 4. The van der Waals surface area contributed by atoms with E-state index in [-0.39, 0.29) is 24.8 Å². The Morgan fingerprint density at radius 2 is 1.84 bits per heavy atom. The van der Waals surface area contributed by atoms with Gasteiger partial charge in [-0.05, 0) is 30.3 Å². The van der Waals surface area contributed by atoms with Crippen LogP contribution >= 0.6 is 0 Å². The summed E-state index contributed by atoms with van der Waals surface area (Å²) < 4.78 is 10.8. The molecule has 1 atom stereocenters. The van der Waals surface area contributed by atoms with E-state index in [1.54, 1.807) is 4.90 Å². The predicted octanol–water partition coefficient (Wildman–Crippen LogP) is 0.631. The van der Waals surface area contributed by atoms with Gasteiger partial charge in [0.05, 0.1) is 32.2 Å². The van der Waals surface area contributed by atoms with E-state index in [2.05, 4.69) is 11.4 Å². The summed E-state index contributed by atoms with van der Waals surface area (Å²) in [5, 5.41) is 3.06. The molecule has 2 aromatic rings. The van der Waals surface area contributed by atoms with Crippen LogP contribution in [0.2, 0.25) is 0 Å². The number of urea groups is 1. The second-order valence-corrected chi connectivity index (χ2v) is 8.29. The number of anilines is 1. The maximum atomic E-state index is 12.7. The number of carbonyl (C=O) groups is 2. The number of carbonyl (C=O) groups excluding carboxylic acids is 2. The van der Waals surface area contributed by atoms with Crippen molar-refractivity contribution >= 4 is 17.6 Å². The van der Waals surface area contributed by atoms with Crippen molar-refractivity contribution in [3.8, 4) is 11.5 Å². The summed E-state index contributed by atoms with van der Waals surface area (Å²) in [7, 11) is 0. The molecule has 8 heteroatoms. The SMILES string of the molecule is O=C(N[C@H]1CC(=O)N(c2ccccc2)C1)N1CC[NH+](Cc2ccc3c(c2)OCO3)CC1. The number of benzene rings is 2. The zero-order valence-corrected chi connectivity index (χ0v) is 17.4. The van der Waals surface area contributed by atoms with Gasteiger partial charge in [-0.15, -0.1) is 0 Å². The minimum atomic E-state index is -0.154. The summed E-state index contributed by atoms with van der Waals surface area (Å²) in [6.45, 7) is 4.89. The third-order valence-corrected chi connectivity index (χ3v) is 6.17. The fraction of sp³-hybridized carbons (Fsp3) is 0.391. The average molecular weight is 423 g/mol. The van der Waals surface area contributed by atoms with Gasteiger partial charge in [-0.2, -0.15) is 0 Å². The summed E-state index contributed by atoms with van der Waals surface area (Å²) >= 11 is 0. The Bertz CT molecular complexity index is 959. The lowest BCUT2D eigenvalue weighted by molar-refractivity contribution is -0.917. The fourth-order valence-electron chi connectivity index (χ4n) is 4.47. The first-order valence-electron chi connectivity index (χ1n) is 10.8. The summed E-state index contributed by atoms with van der Waals surface area (Å²) in [6.07, 6.45) is 0.343. The van der Waals surface area contributed by atoms with E-state index in [0.29, 0.717) is 26.1 Å². The van der Waals surface area contributed by atoms with Gasteiger partial charge in [0.15, 0.2) is 11.5 Å². The standard InChI is InChI=1S/C23H26N4O4/c28-22-13-18(15-27(22)19-4-2-1-3-5-19)24-23(29)26-10-8-25(9-11-26)14-17-6-7-20-21(12-17)31-16-30-20/h1-7,12,18H,8-11,13-16H2,(H,24,29)/p+1/t18-/m0/s1. The molecular formula is C23H27N4O4+. The van der Waals surface area contributed by atoms with E-state index in [0.717, 1.165) is 36.8 Å². The normalized spacial score (nSPS) is 20.9. The van der Waals surface area contributed by atoms with Crippen LogP contribution in [-0.2, 0) is 11.3 Å². The largest absolute Gasteiger partial charge is 0.454 e. The molecule has 0 aliphatic carbocycles. The number of hydrogen-bond donors (Lipinski definition) is 2. The van der Waals surface area contributed by atoms with Crippen LogP contribution in [-0.4, -0.2) is 62.4 Å². The molecule has 0 bridgehead atoms. The Morgan fingerprint density at radius 3 is 2.65 bits per heavy atom. The Hall–Kier alpha value is -3.26. The van der Waals surface area contributed by atoms with Gasteiger partial charge in [0.25, 0.3) is 0 Å². The molecule has 3 amide bonds. The van der Waals surface area contributed by atoms with Crippen LogP contribution in [0.5, 0.6) is 11.5 Å². The summed E-state index contributed by atoms with van der Waals surface area (Å²) in [5.41, 5.74) is 2.09. The lowest BCUT2D eigenvalue weighted by atomic mass is 10.1. The topological polar surface area (TPSA) is 75.6 Å². The minimum absolute atomic E-state index is 0.0505. The lowest BCUT2D eigenvalue weighted by Crippen LogP contribution is -3.13. The summed E-state index contributed by atoms with van der Waals surface area (Å²) in [5.74, 6) is 1.66. The maximum Gasteiger partial charge on any atom is 0.318 e. The van der Waals surface area contributed by atoms with Gasteiger partial charge in [0.2, 0.25) is 12.7 Å². The maximum absolute atomic E-state index is 12.7. The zero-order chi connectivity index (χ0) is 21.2. The predicted molar refractivity (Wildman–Crippen MR) is 114 cm³/mol. The van der Waals surface area contributed by atoms with Crippen LogP contribution in [0.3, 0.4) is 0 Å². The molecule has 3 heterocycles. The Labute approximate surface area is 181 Å². The van der Waals surface area contributed by atoms with Crippen molar-refractivity contribution in [2.75, 3.05) is 44.4 Å². The molecule has 0 spiro atoms. The molecular weight excluding hydrogens is 396 g/mol. The van der Waals surface area contributed by atoms with Gasteiger partial charge >= 0.3 is 6.03 Å². The van der Waals surface area contributed by atoms with Gasteiger partial charge in [-0.25, -0.2) is 4.79 Å².